The smallest absolute Gasteiger partial charge is 0.106 e. The summed E-state index contributed by atoms with van der Waals surface area (Å²) in [5.74, 6) is 0. The first-order valence-corrected chi connectivity index (χ1v) is 6.95. The van der Waals surface area contributed by atoms with Crippen LogP contribution in [0.2, 0.25) is 0 Å². The number of hydrogen-bond acceptors (Lipinski definition) is 2. The molecule has 2 rings (SSSR count). The Hall–Kier alpha value is -0.640. The predicted molar refractivity (Wildman–Crippen MR) is 71.9 cm³/mol. The van der Waals surface area contributed by atoms with E-state index in [-0.39, 0.29) is 0 Å². The van der Waals surface area contributed by atoms with Gasteiger partial charge in [0.2, 0.25) is 0 Å². The van der Waals surface area contributed by atoms with Crippen molar-refractivity contribution in [2.45, 2.75) is 19.4 Å². The molecule has 1 unspecified atom stereocenters. The van der Waals surface area contributed by atoms with Crippen LogP contribution in [-0.2, 0) is 6.42 Å². The predicted octanol–water partition coefficient (Wildman–Crippen LogP) is 4.15. The van der Waals surface area contributed by atoms with Crippen LogP contribution in [0.3, 0.4) is 0 Å². The lowest BCUT2D eigenvalue weighted by Crippen LogP contribution is -2.02. The van der Waals surface area contributed by atoms with Gasteiger partial charge in [0.05, 0.1) is 0 Å². The molecule has 1 nitrogen and oxygen atoms in total. The van der Waals surface area contributed by atoms with Crippen molar-refractivity contribution >= 4 is 27.3 Å². The molecule has 0 aliphatic rings. The summed E-state index contributed by atoms with van der Waals surface area (Å²) in [5, 5.41) is 14.3. The van der Waals surface area contributed by atoms with Crippen molar-refractivity contribution in [3.05, 3.63) is 56.2 Å². The number of benzene rings is 1. The van der Waals surface area contributed by atoms with Gasteiger partial charge in [-0.1, -0.05) is 31.2 Å². The lowest BCUT2D eigenvalue weighted by molar-refractivity contribution is 0.219. The minimum absolute atomic E-state index is 0.531. The Morgan fingerprint density at radius 1 is 1.25 bits per heavy atom. The SMILES string of the molecule is CCc1ccccc1C(O)c1cscc1Br. The van der Waals surface area contributed by atoms with Crippen molar-refractivity contribution in [1.82, 2.24) is 0 Å². The summed E-state index contributed by atoms with van der Waals surface area (Å²) in [5.41, 5.74) is 3.16. The van der Waals surface area contributed by atoms with Gasteiger partial charge in [-0.25, -0.2) is 0 Å². The highest BCUT2D eigenvalue weighted by molar-refractivity contribution is 9.10. The molecule has 16 heavy (non-hydrogen) atoms. The van der Waals surface area contributed by atoms with Gasteiger partial charge in [-0.3, -0.25) is 0 Å². The van der Waals surface area contributed by atoms with Crippen LogP contribution >= 0.6 is 27.3 Å². The van der Waals surface area contributed by atoms with Crippen LogP contribution in [0.5, 0.6) is 0 Å². The van der Waals surface area contributed by atoms with Gasteiger partial charge in [-0.05, 0) is 38.9 Å². The van der Waals surface area contributed by atoms with Crippen LogP contribution in [0.4, 0.5) is 0 Å². The lowest BCUT2D eigenvalue weighted by Gasteiger charge is -2.14. The second-order valence-electron chi connectivity index (χ2n) is 3.63. The first-order chi connectivity index (χ1) is 7.74. The Morgan fingerprint density at radius 2 is 2.00 bits per heavy atom. The summed E-state index contributed by atoms with van der Waals surface area (Å²) < 4.78 is 0.982. The zero-order chi connectivity index (χ0) is 11.5. The summed E-state index contributed by atoms with van der Waals surface area (Å²) >= 11 is 5.06. The van der Waals surface area contributed by atoms with E-state index < -0.39 is 6.10 Å². The molecule has 0 aliphatic heterocycles. The molecule has 0 radical (unpaired) electrons. The van der Waals surface area contributed by atoms with Crippen molar-refractivity contribution in [2.24, 2.45) is 0 Å². The summed E-state index contributed by atoms with van der Waals surface area (Å²) in [4.78, 5) is 0. The number of hydrogen-bond donors (Lipinski definition) is 1. The maximum absolute atomic E-state index is 10.4. The van der Waals surface area contributed by atoms with Crippen LogP contribution in [0.1, 0.15) is 29.7 Å². The molecular formula is C13H13BrOS. The summed E-state index contributed by atoms with van der Waals surface area (Å²) in [7, 11) is 0. The lowest BCUT2D eigenvalue weighted by atomic mass is 9.97. The number of aryl methyl sites for hydroxylation is 1. The van der Waals surface area contributed by atoms with Crippen molar-refractivity contribution in [3.63, 3.8) is 0 Å². The van der Waals surface area contributed by atoms with Crippen molar-refractivity contribution < 1.29 is 5.11 Å². The van der Waals surface area contributed by atoms with Gasteiger partial charge in [0.25, 0.3) is 0 Å². The molecule has 84 valence electrons. The van der Waals surface area contributed by atoms with Crippen LogP contribution < -0.4 is 0 Å². The van der Waals surface area contributed by atoms with Gasteiger partial charge in [-0.2, -0.15) is 11.3 Å². The van der Waals surface area contributed by atoms with Crippen molar-refractivity contribution in [2.75, 3.05) is 0 Å². The molecule has 1 aromatic heterocycles. The van der Waals surface area contributed by atoms with Gasteiger partial charge in [0, 0.05) is 15.4 Å². The average Bonchev–Trinajstić information content (AvgIpc) is 2.74. The maximum atomic E-state index is 10.4. The molecule has 1 aromatic carbocycles. The summed E-state index contributed by atoms with van der Waals surface area (Å²) in [6, 6.07) is 8.04. The maximum Gasteiger partial charge on any atom is 0.106 e. The third-order valence-corrected chi connectivity index (χ3v) is 4.42. The van der Waals surface area contributed by atoms with Gasteiger partial charge in [-0.15, -0.1) is 0 Å². The van der Waals surface area contributed by atoms with E-state index in [1.807, 2.05) is 29.0 Å². The van der Waals surface area contributed by atoms with E-state index in [0.717, 1.165) is 22.0 Å². The van der Waals surface area contributed by atoms with Crippen LogP contribution in [0, 0.1) is 0 Å². The number of aliphatic hydroxyl groups is 1. The fourth-order valence-electron chi connectivity index (χ4n) is 1.78. The standard InChI is InChI=1S/C13H13BrOS/c1-2-9-5-3-4-6-10(9)13(15)11-7-16-8-12(11)14/h3-8,13,15H,2H2,1H3. The number of thiophene rings is 1. The Bertz CT molecular complexity index is 478. The van der Waals surface area contributed by atoms with Gasteiger partial charge >= 0.3 is 0 Å². The van der Waals surface area contributed by atoms with Gasteiger partial charge in [0.1, 0.15) is 6.10 Å². The summed E-state index contributed by atoms with van der Waals surface area (Å²) in [6.07, 6.45) is 0.409. The molecule has 2 aromatic rings. The number of aliphatic hydroxyl groups excluding tert-OH is 1. The molecule has 3 heteroatoms. The van der Waals surface area contributed by atoms with E-state index in [1.165, 1.54) is 5.56 Å². The first-order valence-electron chi connectivity index (χ1n) is 5.21. The minimum atomic E-state index is -0.531. The Morgan fingerprint density at radius 3 is 2.62 bits per heavy atom. The quantitative estimate of drug-likeness (QED) is 0.902. The molecule has 1 N–H and O–H groups in total. The van der Waals surface area contributed by atoms with E-state index in [2.05, 4.69) is 28.9 Å². The zero-order valence-electron chi connectivity index (χ0n) is 8.98. The second kappa shape index (κ2) is 5.13. The first kappa shape index (κ1) is 11.8. The van der Waals surface area contributed by atoms with Crippen molar-refractivity contribution in [1.29, 1.82) is 0 Å². The normalized spacial score (nSPS) is 12.7. The van der Waals surface area contributed by atoms with Crippen LogP contribution in [0.15, 0.2) is 39.5 Å². The zero-order valence-corrected chi connectivity index (χ0v) is 11.4. The molecule has 0 bridgehead atoms. The van der Waals surface area contributed by atoms with Crippen LogP contribution in [0.25, 0.3) is 0 Å². The Kier molecular flexibility index (Phi) is 3.79. The highest BCUT2D eigenvalue weighted by Crippen LogP contribution is 2.32. The number of rotatable bonds is 3. The largest absolute Gasteiger partial charge is 0.384 e. The molecular weight excluding hydrogens is 284 g/mol. The summed E-state index contributed by atoms with van der Waals surface area (Å²) in [6.45, 7) is 2.11. The van der Waals surface area contributed by atoms with E-state index in [1.54, 1.807) is 11.3 Å². The van der Waals surface area contributed by atoms with Crippen molar-refractivity contribution in [3.8, 4) is 0 Å². The highest BCUT2D eigenvalue weighted by atomic mass is 79.9. The second-order valence-corrected chi connectivity index (χ2v) is 5.23. The molecule has 0 aliphatic carbocycles. The fraction of sp³-hybridized carbons (Fsp3) is 0.231. The molecule has 1 heterocycles. The molecule has 1 atom stereocenters. The molecule has 0 saturated heterocycles. The van der Waals surface area contributed by atoms with E-state index in [4.69, 9.17) is 0 Å². The molecule has 0 spiro atoms. The molecule has 0 amide bonds. The number of halogens is 1. The monoisotopic (exact) mass is 296 g/mol. The third kappa shape index (κ3) is 2.21. The van der Waals surface area contributed by atoms with E-state index in [0.29, 0.717) is 0 Å². The molecule has 0 saturated carbocycles. The highest BCUT2D eigenvalue weighted by Gasteiger charge is 2.16. The van der Waals surface area contributed by atoms with E-state index >= 15 is 0 Å². The Balaban J connectivity index is 2.41. The Labute approximate surface area is 108 Å². The third-order valence-electron chi connectivity index (χ3n) is 2.67. The molecule has 0 fully saturated rings. The minimum Gasteiger partial charge on any atom is -0.384 e. The van der Waals surface area contributed by atoms with E-state index in [9.17, 15) is 5.11 Å². The van der Waals surface area contributed by atoms with Crippen LogP contribution in [-0.4, -0.2) is 5.11 Å². The average molecular weight is 297 g/mol. The topological polar surface area (TPSA) is 20.2 Å². The van der Waals surface area contributed by atoms with Gasteiger partial charge in [0.15, 0.2) is 0 Å². The van der Waals surface area contributed by atoms with Gasteiger partial charge < -0.3 is 5.11 Å². The fourth-order valence-corrected chi connectivity index (χ4v) is 3.31.